The minimum Gasteiger partial charge on any atom is -0.508 e. The number of cyclic esters (lactones) is 1. The van der Waals surface area contributed by atoms with Crippen molar-refractivity contribution in [2.24, 2.45) is 10.8 Å². The zero-order chi connectivity index (χ0) is 16.0. The molecule has 2 aliphatic rings. The maximum Gasteiger partial charge on any atom is 0.320 e. The van der Waals surface area contributed by atoms with Gasteiger partial charge in [-0.2, -0.15) is 0 Å². The summed E-state index contributed by atoms with van der Waals surface area (Å²) in [5.74, 6) is -0.206. The quantitative estimate of drug-likeness (QED) is 0.636. The van der Waals surface area contributed by atoms with Crippen LogP contribution in [0.5, 0.6) is 5.75 Å². The molecule has 1 saturated carbocycles. The summed E-state index contributed by atoms with van der Waals surface area (Å²) in [7, 11) is 0. The van der Waals surface area contributed by atoms with Gasteiger partial charge in [-0.3, -0.25) is 9.59 Å². The highest BCUT2D eigenvalue weighted by molar-refractivity contribution is 6.08. The third kappa shape index (κ3) is 2.13. The Kier molecular flexibility index (Phi) is 3.50. The molecule has 1 aliphatic heterocycles. The number of carbonyl (C=O) groups is 2. The van der Waals surface area contributed by atoms with Crippen LogP contribution < -0.4 is 0 Å². The Morgan fingerprint density at radius 1 is 1.05 bits per heavy atom. The van der Waals surface area contributed by atoms with Crippen LogP contribution >= 0.6 is 0 Å². The van der Waals surface area contributed by atoms with Crippen molar-refractivity contribution < 1.29 is 19.4 Å². The maximum absolute atomic E-state index is 13.1. The van der Waals surface area contributed by atoms with Crippen LogP contribution in [0.25, 0.3) is 0 Å². The minimum atomic E-state index is -0.935. The van der Waals surface area contributed by atoms with Crippen molar-refractivity contribution in [3.8, 4) is 5.75 Å². The molecule has 1 spiro atoms. The van der Waals surface area contributed by atoms with E-state index in [1.165, 1.54) is 0 Å². The van der Waals surface area contributed by atoms with Gasteiger partial charge in [0.2, 0.25) is 0 Å². The monoisotopic (exact) mass is 302 g/mol. The fourth-order valence-electron chi connectivity index (χ4n) is 3.92. The van der Waals surface area contributed by atoms with Gasteiger partial charge >= 0.3 is 5.97 Å². The third-order valence-corrected chi connectivity index (χ3v) is 5.19. The number of phenols is 1. The number of hydrogen-bond donors (Lipinski definition) is 1. The molecule has 0 aromatic heterocycles. The molecule has 118 valence electrons. The molecule has 1 aromatic rings. The Morgan fingerprint density at radius 2 is 1.64 bits per heavy atom. The fraction of sp³-hybridized carbons (Fsp3) is 0.556. The van der Waals surface area contributed by atoms with Gasteiger partial charge in [0.1, 0.15) is 17.3 Å². The topological polar surface area (TPSA) is 63.6 Å². The first-order valence-electron chi connectivity index (χ1n) is 7.93. The number of aromatic hydroxyl groups is 1. The number of rotatable bonds is 1. The van der Waals surface area contributed by atoms with Gasteiger partial charge in [0, 0.05) is 0 Å². The predicted octanol–water partition coefficient (Wildman–Crippen LogP) is 3.54. The second-order valence-corrected chi connectivity index (χ2v) is 7.07. The van der Waals surface area contributed by atoms with E-state index >= 15 is 0 Å². The van der Waals surface area contributed by atoms with Crippen molar-refractivity contribution in [2.45, 2.75) is 52.1 Å². The van der Waals surface area contributed by atoms with Crippen LogP contribution in [0.3, 0.4) is 0 Å². The molecule has 0 radical (unpaired) electrons. The Balaban J connectivity index is 1.98. The van der Waals surface area contributed by atoms with E-state index < -0.39 is 16.9 Å². The second kappa shape index (κ2) is 5.11. The molecule has 1 atom stereocenters. The first-order valence-corrected chi connectivity index (χ1v) is 7.93. The zero-order valence-corrected chi connectivity index (χ0v) is 13.1. The molecule has 4 nitrogen and oxygen atoms in total. The lowest BCUT2D eigenvalue weighted by Gasteiger charge is -2.47. The van der Waals surface area contributed by atoms with Crippen molar-refractivity contribution >= 4 is 11.8 Å². The molecule has 1 saturated heterocycles. The van der Waals surface area contributed by atoms with E-state index in [0.29, 0.717) is 12.8 Å². The molecular weight excluding hydrogens is 280 g/mol. The summed E-state index contributed by atoms with van der Waals surface area (Å²) in [5.41, 5.74) is -0.952. The summed E-state index contributed by atoms with van der Waals surface area (Å²) in [6.45, 7) is 3.71. The van der Waals surface area contributed by atoms with Crippen molar-refractivity contribution in [1.29, 1.82) is 0 Å². The van der Waals surface area contributed by atoms with E-state index in [9.17, 15) is 14.7 Å². The molecule has 1 aliphatic carbocycles. The Morgan fingerprint density at radius 3 is 2.23 bits per heavy atom. The third-order valence-electron chi connectivity index (χ3n) is 5.19. The standard InChI is InChI=1S/C18H22O4/c1-17(2)14(12-6-8-13(19)9-7-12)22-16(21)18(15(17)20)10-4-3-5-11-18/h6-9,14,19H,3-5,10-11H2,1-2H3/t14-/m0/s1. The number of benzene rings is 1. The van der Waals surface area contributed by atoms with Gasteiger partial charge < -0.3 is 9.84 Å². The number of Topliss-reactive ketones (excluding diaryl/α,β-unsaturated/α-hetero) is 1. The zero-order valence-electron chi connectivity index (χ0n) is 13.1. The highest BCUT2D eigenvalue weighted by atomic mass is 16.5. The fourth-order valence-corrected chi connectivity index (χ4v) is 3.92. The van der Waals surface area contributed by atoms with Crippen LogP contribution in [0.4, 0.5) is 0 Å². The Bertz CT molecular complexity index is 594. The van der Waals surface area contributed by atoms with Crippen LogP contribution in [0, 0.1) is 10.8 Å². The van der Waals surface area contributed by atoms with E-state index in [-0.39, 0.29) is 17.5 Å². The van der Waals surface area contributed by atoms with E-state index in [1.54, 1.807) is 24.3 Å². The highest BCUT2D eigenvalue weighted by Crippen LogP contribution is 2.53. The van der Waals surface area contributed by atoms with E-state index in [4.69, 9.17) is 4.74 Å². The van der Waals surface area contributed by atoms with Gasteiger partial charge in [0.05, 0.1) is 5.41 Å². The van der Waals surface area contributed by atoms with Crippen LogP contribution in [-0.4, -0.2) is 16.9 Å². The summed E-state index contributed by atoms with van der Waals surface area (Å²) in [4.78, 5) is 25.8. The van der Waals surface area contributed by atoms with Crippen molar-refractivity contribution in [1.82, 2.24) is 0 Å². The lowest BCUT2D eigenvalue weighted by atomic mass is 9.60. The number of ether oxygens (including phenoxy) is 1. The van der Waals surface area contributed by atoms with Crippen molar-refractivity contribution in [3.05, 3.63) is 29.8 Å². The summed E-state index contributed by atoms with van der Waals surface area (Å²) in [6.07, 6.45) is 3.50. The number of hydrogen-bond acceptors (Lipinski definition) is 4. The smallest absolute Gasteiger partial charge is 0.320 e. The molecule has 1 N–H and O–H groups in total. The summed E-state index contributed by atoms with van der Waals surface area (Å²) in [5, 5.41) is 9.41. The Hall–Kier alpha value is -1.84. The van der Waals surface area contributed by atoms with E-state index in [0.717, 1.165) is 24.8 Å². The van der Waals surface area contributed by atoms with Crippen LogP contribution in [0.1, 0.15) is 57.6 Å². The number of carbonyl (C=O) groups excluding carboxylic acids is 2. The molecule has 2 fully saturated rings. The van der Waals surface area contributed by atoms with Gasteiger partial charge in [-0.05, 0) is 44.4 Å². The average Bonchev–Trinajstić information content (AvgIpc) is 2.52. The van der Waals surface area contributed by atoms with Crippen LogP contribution in [0.15, 0.2) is 24.3 Å². The Labute approximate surface area is 130 Å². The number of phenolic OH excluding ortho intramolecular Hbond substituents is 1. The van der Waals surface area contributed by atoms with Crippen molar-refractivity contribution in [3.63, 3.8) is 0 Å². The second-order valence-electron chi connectivity index (χ2n) is 7.07. The maximum atomic E-state index is 13.1. The summed E-state index contributed by atoms with van der Waals surface area (Å²) >= 11 is 0. The summed E-state index contributed by atoms with van der Waals surface area (Å²) in [6, 6.07) is 6.52. The molecule has 4 heteroatoms. The molecule has 22 heavy (non-hydrogen) atoms. The lowest BCUT2D eigenvalue weighted by molar-refractivity contribution is -0.192. The largest absolute Gasteiger partial charge is 0.508 e. The molecule has 0 bridgehead atoms. The molecule has 0 unspecified atom stereocenters. The molecule has 1 aromatic carbocycles. The van der Waals surface area contributed by atoms with E-state index in [1.807, 2.05) is 13.8 Å². The number of esters is 1. The highest BCUT2D eigenvalue weighted by Gasteiger charge is 2.60. The predicted molar refractivity (Wildman–Crippen MR) is 81.2 cm³/mol. The molecule has 3 rings (SSSR count). The summed E-state index contributed by atoms with van der Waals surface area (Å²) < 4.78 is 5.75. The van der Waals surface area contributed by atoms with Gasteiger partial charge in [0.25, 0.3) is 0 Å². The first kappa shape index (κ1) is 15.1. The van der Waals surface area contributed by atoms with Gasteiger partial charge in [0.15, 0.2) is 5.78 Å². The minimum absolute atomic E-state index is 0.00836. The SMILES string of the molecule is CC1(C)C(=O)C2(CCCCC2)C(=O)O[C@H]1c1ccc(O)cc1. The normalized spacial score (nSPS) is 26.7. The van der Waals surface area contributed by atoms with Gasteiger partial charge in [-0.1, -0.05) is 31.4 Å². The van der Waals surface area contributed by atoms with Gasteiger partial charge in [-0.15, -0.1) is 0 Å². The average molecular weight is 302 g/mol. The van der Waals surface area contributed by atoms with E-state index in [2.05, 4.69) is 0 Å². The van der Waals surface area contributed by atoms with Crippen LogP contribution in [0.2, 0.25) is 0 Å². The van der Waals surface area contributed by atoms with Crippen molar-refractivity contribution in [2.75, 3.05) is 0 Å². The first-order chi connectivity index (χ1) is 10.4. The lowest BCUT2D eigenvalue weighted by Crippen LogP contribution is -2.55. The molecule has 0 amide bonds. The molecular formula is C18H22O4. The number of ketones is 1. The van der Waals surface area contributed by atoms with Gasteiger partial charge in [-0.25, -0.2) is 0 Å². The molecule has 1 heterocycles. The van der Waals surface area contributed by atoms with Crippen LogP contribution in [-0.2, 0) is 14.3 Å².